The fourth-order valence-corrected chi connectivity index (χ4v) is 2.18. The molecule has 1 fully saturated rings. The van der Waals surface area contributed by atoms with Crippen LogP contribution in [0.1, 0.15) is 0 Å². The van der Waals surface area contributed by atoms with Crippen molar-refractivity contribution < 1.29 is 4.74 Å². The zero-order valence-corrected chi connectivity index (χ0v) is 11.4. The fraction of sp³-hybridized carbons (Fsp3) is 0.364. The molecule has 0 amide bonds. The van der Waals surface area contributed by atoms with E-state index in [0.29, 0.717) is 28.4 Å². The molecule has 1 N–H and O–H groups in total. The topological polar surface area (TPSA) is 24.5 Å². The summed E-state index contributed by atoms with van der Waals surface area (Å²) < 4.78 is 5.27. The lowest BCUT2D eigenvalue weighted by Gasteiger charge is -2.29. The number of nitrogens with zero attached hydrogens (tertiary/aromatic N) is 1. The van der Waals surface area contributed by atoms with Crippen molar-refractivity contribution in [2.24, 2.45) is 0 Å². The van der Waals surface area contributed by atoms with Gasteiger partial charge in [-0.25, -0.2) is 0 Å². The van der Waals surface area contributed by atoms with Gasteiger partial charge in [0.25, 0.3) is 0 Å². The monoisotopic (exact) mass is 290 g/mol. The summed E-state index contributed by atoms with van der Waals surface area (Å²) in [5, 5.41) is 4.99. The number of benzene rings is 1. The number of thiocarbonyl (C=S) groups is 1. The van der Waals surface area contributed by atoms with Crippen molar-refractivity contribution in [2.75, 3.05) is 31.6 Å². The first-order valence-corrected chi connectivity index (χ1v) is 6.42. The SMILES string of the molecule is S=C(Nc1cc(Cl)ccc1Cl)N1CCOCC1. The number of ether oxygens (including phenoxy) is 1. The van der Waals surface area contributed by atoms with Gasteiger partial charge in [-0.2, -0.15) is 0 Å². The molecular formula is C11H12Cl2N2OS. The molecule has 0 atom stereocenters. The van der Waals surface area contributed by atoms with Crippen LogP contribution in [0.2, 0.25) is 10.0 Å². The molecule has 0 saturated carbocycles. The van der Waals surface area contributed by atoms with E-state index in [0.717, 1.165) is 18.8 Å². The summed E-state index contributed by atoms with van der Waals surface area (Å²) in [6.07, 6.45) is 0. The minimum atomic E-state index is 0.602. The lowest BCUT2D eigenvalue weighted by atomic mass is 10.3. The van der Waals surface area contributed by atoms with E-state index in [1.165, 1.54) is 0 Å². The summed E-state index contributed by atoms with van der Waals surface area (Å²) in [4.78, 5) is 2.05. The molecule has 1 aliphatic heterocycles. The van der Waals surface area contributed by atoms with Crippen LogP contribution in [-0.2, 0) is 4.74 Å². The maximum Gasteiger partial charge on any atom is 0.173 e. The molecule has 0 aliphatic carbocycles. The molecule has 3 nitrogen and oxygen atoms in total. The van der Waals surface area contributed by atoms with Gasteiger partial charge in [-0.15, -0.1) is 0 Å². The molecule has 0 aromatic heterocycles. The third-order valence-corrected chi connectivity index (χ3v) is 3.39. The zero-order chi connectivity index (χ0) is 12.3. The van der Waals surface area contributed by atoms with Crippen LogP contribution in [0.3, 0.4) is 0 Å². The number of hydrogen-bond donors (Lipinski definition) is 1. The highest BCUT2D eigenvalue weighted by atomic mass is 35.5. The van der Waals surface area contributed by atoms with Crippen molar-refractivity contribution in [2.45, 2.75) is 0 Å². The number of rotatable bonds is 1. The highest BCUT2D eigenvalue weighted by Gasteiger charge is 2.14. The third-order valence-electron chi connectivity index (χ3n) is 2.47. The second-order valence-electron chi connectivity index (χ2n) is 3.65. The Balaban J connectivity index is 2.04. The van der Waals surface area contributed by atoms with Gasteiger partial charge in [0.05, 0.1) is 23.9 Å². The zero-order valence-electron chi connectivity index (χ0n) is 9.08. The summed E-state index contributed by atoms with van der Waals surface area (Å²) >= 11 is 17.3. The first kappa shape index (κ1) is 12.9. The van der Waals surface area contributed by atoms with Crippen molar-refractivity contribution in [1.29, 1.82) is 0 Å². The Labute approximate surface area is 116 Å². The van der Waals surface area contributed by atoms with E-state index < -0.39 is 0 Å². The van der Waals surface area contributed by atoms with Crippen molar-refractivity contribution in [3.63, 3.8) is 0 Å². The maximum atomic E-state index is 6.06. The number of hydrogen-bond acceptors (Lipinski definition) is 2. The first-order valence-electron chi connectivity index (χ1n) is 5.25. The number of halogens is 2. The molecular weight excluding hydrogens is 279 g/mol. The molecule has 0 bridgehead atoms. The van der Waals surface area contributed by atoms with Crippen LogP contribution in [-0.4, -0.2) is 36.3 Å². The van der Waals surface area contributed by atoms with E-state index in [2.05, 4.69) is 10.2 Å². The Hall–Kier alpha value is -0.550. The van der Waals surface area contributed by atoms with Crippen LogP contribution in [0.4, 0.5) is 5.69 Å². The molecule has 0 unspecified atom stereocenters. The highest BCUT2D eigenvalue weighted by molar-refractivity contribution is 7.80. The quantitative estimate of drug-likeness (QED) is 0.804. The van der Waals surface area contributed by atoms with Gasteiger partial charge < -0.3 is 15.0 Å². The van der Waals surface area contributed by atoms with Crippen LogP contribution < -0.4 is 5.32 Å². The van der Waals surface area contributed by atoms with Crippen LogP contribution >= 0.6 is 35.4 Å². The van der Waals surface area contributed by atoms with Crippen LogP contribution in [0.25, 0.3) is 0 Å². The van der Waals surface area contributed by atoms with Crippen molar-refractivity contribution in [3.8, 4) is 0 Å². The molecule has 0 spiro atoms. The molecule has 6 heteroatoms. The lowest BCUT2D eigenvalue weighted by molar-refractivity contribution is 0.0690. The molecule has 1 aliphatic rings. The second-order valence-corrected chi connectivity index (χ2v) is 4.88. The van der Waals surface area contributed by atoms with Gasteiger partial charge in [-0.05, 0) is 30.4 Å². The summed E-state index contributed by atoms with van der Waals surface area (Å²) in [7, 11) is 0. The Morgan fingerprint density at radius 3 is 2.71 bits per heavy atom. The standard InChI is InChI=1S/C11H12Cl2N2OS/c12-8-1-2-9(13)10(7-8)14-11(17)15-3-5-16-6-4-15/h1-2,7H,3-6H2,(H,14,17). The van der Waals surface area contributed by atoms with E-state index in [-0.39, 0.29) is 0 Å². The van der Waals surface area contributed by atoms with E-state index in [1.54, 1.807) is 18.2 Å². The van der Waals surface area contributed by atoms with E-state index in [1.807, 2.05) is 0 Å². The number of anilines is 1. The Morgan fingerprint density at radius 2 is 2.00 bits per heavy atom. The third kappa shape index (κ3) is 3.45. The number of morpholine rings is 1. The largest absolute Gasteiger partial charge is 0.378 e. The van der Waals surface area contributed by atoms with E-state index >= 15 is 0 Å². The molecule has 0 radical (unpaired) electrons. The summed E-state index contributed by atoms with van der Waals surface area (Å²) in [5.74, 6) is 0. The Morgan fingerprint density at radius 1 is 1.29 bits per heavy atom. The average molecular weight is 291 g/mol. The van der Waals surface area contributed by atoms with Gasteiger partial charge in [0.15, 0.2) is 5.11 Å². The average Bonchev–Trinajstić information content (AvgIpc) is 2.35. The summed E-state index contributed by atoms with van der Waals surface area (Å²) in [6, 6.07) is 5.25. The predicted molar refractivity (Wildman–Crippen MR) is 75.1 cm³/mol. The fourth-order valence-electron chi connectivity index (χ4n) is 1.55. The van der Waals surface area contributed by atoms with Gasteiger partial charge >= 0.3 is 0 Å². The van der Waals surface area contributed by atoms with Crippen LogP contribution in [0.15, 0.2) is 18.2 Å². The lowest BCUT2D eigenvalue weighted by Crippen LogP contribution is -2.42. The first-order chi connectivity index (χ1) is 8.16. The van der Waals surface area contributed by atoms with Gasteiger partial charge in [0, 0.05) is 18.1 Å². The van der Waals surface area contributed by atoms with E-state index in [9.17, 15) is 0 Å². The van der Waals surface area contributed by atoms with Gasteiger partial charge in [-0.1, -0.05) is 23.2 Å². The number of nitrogens with one attached hydrogen (secondary N) is 1. The Bertz CT molecular complexity index is 422. The van der Waals surface area contributed by atoms with Gasteiger partial charge in [-0.3, -0.25) is 0 Å². The molecule has 2 rings (SSSR count). The molecule has 92 valence electrons. The van der Waals surface area contributed by atoms with Crippen molar-refractivity contribution in [3.05, 3.63) is 28.2 Å². The van der Waals surface area contributed by atoms with Crippen molar-refractivity contribution >= 4 is 46.2 Å². The summed E-state index contributed by atoms with van der Waals surface area (Å²) in [5.41, 5.74) is 0.732. The normalized spacial score (nSPS) is 15.8. The minimum absolute atomic E-state index is 0.602. The van der Waals surface area contributed by atoms with E-state index in [4.69, 9.17) is 40.2 Å². The molecule has 1 aromatic carbocycles. The predicted octanol–water partition coefficient (Wildman–Crippen LogP) is 3.02. The van der Waals surface area contributed by atoms with Gasteiger partial charge in [0.2, 0.25) is 0 Å². The molecule has 17 heavy (non-hydrogen) atoms. The minimum Gasteiger partial charge on any atom is -0.378 e. The molecule has 1 saturated heterocycles. The van der Waals surface area contributed by atoms with Crippen LogP contribution in [0.5, 0.6) is 0 Å². The molecule has 1 heterocycles. The Kier molecular flexibility index (Phi) is 4.45. The maximum absolute atomic E-state index is 6.06. The summed E-state index contributed by atoms with van der Waals surface area (Å²) in [6.45, 7) is 2.99. The van der Waals surface area contributed by atoms with Crippen LogP contribution in [0, 0.1) is 0 Å². The smallest absolute Gasteiger partial charge is 0.173 e. The highest BCUT2D eigenvalue weighted by Crippen LogP contribution is 2.25. The van der Waals surface area contributed by atoms with Crippen molar-refractivity contribution in [1.82, 2.24) is 4.90 Å². The molecule has 1 aromatic rings. The van der Waals surface area contributed by atoms with Gasteiger partial charge in [0.1, 0.15) is 0 Å². The second kappa shape index (κ2) is 5.87.